The average Bonchev–Trinajstić information content (AvgIpc) is 2.69. The van der Waals surface area contributed by atoms with E-state index in [1.807, 2.05) is 48.5 Å². The topological polar surface area (TPSA) is 76.1 Å². The van der Waals surface area contributed by atoms with Crippen molar-refractivity contribution in [3.05, 3.63) is 77.1 Å². The molecule has 7 heteroatoms. The number of hydrogen-bond acceptors (Lipinski definition) is 5. The van der Waals surface area contributed by atoms with Crippen molar-refractivity contribution in [2.75, 3.05) is 19.0 Å². The highest BCUT2D eigenvalue weighted by Gasteiger charge is 2.07. The molecule has 0 bridgehead atoms. The number of nitrogens with zero attached hydrogens (tertiary/aromatic N) is 2. The molecule has 138 valence electrons. The van der Waals surface area contributed by atoms with Gasteiger partial charge in [-0.25, -0.2) is 9.97 Å². The van der Waals surface area contributed by atoms with Gasteiger partial charge in [0.25, 0.3) is 5.91 Å². The number of halogens is 1. The van der Waals surface area contributed by atoms with Gasteiger partial charge in [0, 0.05) is 35.7 Å². The van der Waals surface area contributed by atoms with E-state index in [1.165, 1.54) is 12.4 Å². The summed E-state index contributed by atoms with van der Waals surface area (Å²) in [6.07, 6.45) is 3.68. The van der Waals surface area contributed by atoms with Gasteiger partial charge in [-0.05, 0) is 36.2 Å². The lowest BCUT2D eigenvalue weighted by molar-refractivity contribution is 0.0953. The Morgan fingerprint density at radius 1 is 1.11 bits per heavy atom. The zero-order valence-electron chi connectivity index (χ0n) is 14.8. The second kappa shape index (κ2) is 9.00. The standard InChI is InChI=1S/C20H19ClN4O2/c1-27-18-7-3-6-17(11-18)25-20-23-12-15(13-24-20)19(26)22-9-8-14-4-2-5-16(21)10-14/h2-7,10-13H,8-9H2,1H3,(H,22,26)(H,23,24,25). The van der Waals surface area contributed by atoms with Crippen molar-refractivity contribution in [1.29, 1.82) is 0 Å². The predicted molar refractivity (Wildman–Crippen MR) is 106 cm³/mol. The largest absolute Gasteiger partial charge is 0.497 e. The van der Waals surface area contributed by atoms with Gasteiger partial charge in [-0.3, -0.25) is 4.79 Å². The van der Waals surface area contributed by atoms with Gasteiger partial charge < -0.3 is 15.4 Å². The third-order valence-corrected chi connectivity index (χ3v) is 4.06. The quantitative estimate of drug-likeness (QED) is 0.649. The number of nitrogens with one attached hydrogen (secondary N) is 2. The number of carbonyl (C=O) groups excluding carboxylic acids is 1. The van der Waals surface area contributed by atoms with Crippen molar-refractivity contribution in [3.63, 3.8) is 0 Å². The summed E-state index contributed by atoms with van der Waals surface area (Å²) in [5, 5.41) is 6.61. The number of aromatic nitrogens is 2. The number of benzene rings is 2. The second-order valence-electron chi connectivity index (χ2n) is 5.79. The van der Waals surface area contributed by atoms with Gasteiger partial charge in [0.05, 0.1) is 12.7 Å². The molecule has 0 saturated heterocycles. The zero-order valence-corrected chi connectivity index (χ0v) is 15.5. The van der Waals surface area contributed by atoms with Gasteiger partial charge in [-0.15, -0.1) is 0 Å². The highest BCUT2D eigenvalue weighted by molar-refractivity contribution is 6.30. The van der Waals surface area contributed by atoms with Crippen LogP contribution >= 0.6 is 11.6 Å². The summed E-state index contributed by atoms with van der Waals surface area (Å²) < 4.78 is 5.18. The second-order valence-corrected chi connectivity index (χ2v) is 6.22. The predicted octanol–water partition coefficient (Wildman–Crippen LogP) is 3.85. The first-order valence-electron chi connectivity index (χ1n) is 8.40. The maximum Gasteiger partial charge on any atom is 0.254 e. The molecule has 0 fully saturated rings. The van der Waals surface area contributed by atoms with Crippen LogP contribution in [-0.2, 0) is 6.42 Å². The van der Waals surface area contributed by atoms with Crippen LogP contribution in [-0.4, -0.2) is 29.5 Å². The Kier molecular flexibility index (Phi) is 6.22. The van der Waals surface area contributed by atoms with E-state index in [0.717, 1.165) is 17.0 Å². The molecule has 0 aliphatic rings. The van der Waals surface area contributed by atoms with E-state index < -0.39 is 0 Å². The summed E-state index contributed by atoms with van der Waals surface area (Å²) in [5.41, 5.74) is 2.27. The van der Waals surface area contributed by atoms with Crippen LogP contribution in [0.5, 0.6) is 5.75 Å². The molecule has 3 aromatic rings. The van der Waals surface area contributed by atoms with E-state index in [2.05, 4.69) is 20.6 Å². The Labute approximate surface area is 162 Å². The van der Waals surface area contributed by atoms with E-state index in [0.29, 0.717) is 29.5 Å². The fourth-order valence-corrected chi connectivity index (χ4v) is 2.67. The van der Waals surface area contributed by atoms with Crippen LogP contribution in [0.25, 0.3) is 0 Å². The first-order chi connectivity index (χ1) is 13.1. The summed E-state index contributed by atoms with van der Waals surface area (Å²) in [6, 6.07) is 15.0. The maximum atomic E-state index is 12.2. The fourth-order valence-electron chi connectivity index (χ4n) is 2.45. The molecule has 1 aromatic heterocycles. The normalized spacial score (nSPS) is 10.3. The molecule has 27 heavy (non-hydrogen) atoms. The van der Waals surface area contributed by atoms with Crippen LogP contribution in [0.2, 0.25) is 5.02 Å². The minimum Gasteiger partial charge on any atom is -0.497 e. The van der Waals surface area contributed by atoms with Crippen molar-refractivity contribution in [2.24, 2.45) is 0 Å². The number of anilines is 2. The lowest BCUT2D eigenvalue weighted by Crippen LogP contribution is -2.26. The first-order valence-corrected chi connectivity index (χ1v) is 8.77. The fraction of sp³-hybridized carbons (Fsp3) is 0.150. The van der Waals surface area contributed by atoms with E-state index in [9.17, 15) is 4.79 Å². The Hall–Kier alpha value is -3.12. The molecule has 0 spiro atoms. The third-order valence-electron chi connectivity index (χ3n) is 3.83. The number of methoxy groups -OCH3 is 1. The van der Waals surface area contributed by atoms with Gasteiger partial charge in [-0.1, -0.05) is 29.8 Å². The monoisotopic (exact) mass is 382 g/mol. The van der Waals surface area contributed by atoms with Gasteiger partial charge in [0.1, 0.15) is 5.75 Å². The van der Waals surface area contributed by atoms with Crippen LogP contribution < -0.4 is 15.4 Å². The lowest BCUT2D eigenvalue weighted by Gasteiger charge is -2.08. The molecule has 1 heterocycles. The van der Waals surface area contributed by atoms with Crippen molar-refractivity contribution in [2.45, 2.75) is 6.42 Å². The van der Waals surface area contributed by atoms with Gasteiger partial charge in [-0.2, -0.15) is 0 Å². The van der Waals surface area contributed by atoms with Crippen molar-refractivity contribution >= 4 is 29.1 Å². The molecule has 2 N–H and O–H groups in total. The van der Waals surface area contributed by atoms with Crippen LogP contribution in [0.1, 0.15) is 15.9 Å². The highest BCUT2D eigenvalue weighted by atomic mass is 35.5. The molecule has 0 aliphatic carbocycles. The smallest absolute Gasteiger partial charge is 0.254 e. The summed E-state index contributed by atoms with van der Waals surface area (Å²) in [5.74, 6) is 0.916. The summed E-state index contributed by atoms with van der Waals surface area (Å²) in [6.45, 7) is 0.503. The summed E-state index contributed by atoms with van der Waals surface area (Å²) in [4.78, 5) is 20.6. The summed E-state index contributed by atoms with van der Waals surface area (Å²) in [7, 11) is 1.61. The Bertz CT molecular complexity index is 916. The molecule has 0 unspecified atom stereocenters. The molecule has 1 amide bonds. The minimum atomic E-state index is -0.218. The maximum absolute atomic E-state index is 12.2. The molecule has 2 aromatic carbocycles. The summed E-state index contributed by atoms with van der Waals surface area (Å²) >= 11 is 5.96. The van der Waals surface area contributed by atoms with Crippen LogP contribution in [0.4, 0.5) is 11.6 Å². The number of amides is 1. The van der Waals surface area contributed by atoms with E-state index in [-0.39, 0.29) is 5.91 Å². The molecular formula is C20H19ClN4O2. The van der Waals surface area contributed by atoms with Gasteiger partial charge >= 0.3 is 0 Å². The molecule has 3 rings (SSSR count). The molecule has 0 saturated carbocycles. The van der Waals surface area contributed by atoms with E-state index in [1.54, 1.807) is 7.11 Å². The third kappa shape index (κ3) is 5.43. The lowest BCUT2D eigenvalue weighted by atomic mass is 10.1. The van der Waals surface area contributed by atoms with Crippen LogP contribution in [0.3, 0.4) is 0 Å². The number of ether oxygens (including phenoxy) is 1. The molecule has 0 aliphatic heterocycles. The van der Waals surface area contributed by atoms with Crippen LogP contribution in [0.15, 0.2) is 60.9 Å². The number of carbonyl (C=O) groups is 1. The van der Waals surface area contributed by atoms with Crippen LogP contribution in [0, 0.1) is 0 Å². The van der Waals surface area contributed by atoms with Crippen molar-refractivity contribution in [1.82, 2.24) is 15.3 Å². The Morgan fingerprint density at radius 2 is 1.89 bits per heavy atom. The molecule has 0 atom stereocenters. The van der Waals surface area contributed by atoms with Gasteiger partial charge in [0.15, 0.2) is 0 Å². The highest BCUT2D eigenvalue weighted by Crippen LogP contribution is 2.19. The van der Waals surface area contributed by atoms with E-state index in [4.69, 9.17) is 16.3 Å². The first kappa shape index (κ1) is 18.7. The zero-order chi connectivity index (χ0) is 19.1. The SMILES string of the molecule is COc1cccc(Nc2ncc(C(=O)NCCc3cccc(Cl)c3)cn2)c1. The van der Waals surface area contributed by atoms with Crippen molar-refractivity contribution in [3.8, 4) is 5.75 Å². The van der Waals surface area contributed by atoms with Gasteiger partial charge in [0.2, 0.25) is 5.95 Å². The molecular weight excluding hydrogens is 364 g/mol. The van der Waals surface area contributed by atoms with Crippen molar-refractivity contribution < 1.29 is 9.53 Å². The van der Waals surface area contributed by atoms with E-state index >= 15 is 0 Å². The molecule has 6 nitrogen and oxygen atoms in total. The Balaban J connectivity index is 1.53. The number of hydrogen-bond donors (Lipinski definition) is 2. The minimum absolute atomic E-state index is 0.218. The Morgan fingerprint density at radius 3 is 2.63 bits per heavy atom. The average molecular weight is 383 g/mol. The molecule has 0 radical (unpaired) electrons. The number of rotatable bonds is 7.